The molecule has 1 heterocycles. The maximum atomic E-state index is 14.0. The SMILES string of the molecule is CC[C@@H](C)[C@H](NC(=O)[C@@H](NC(=O)C1(c2ccccc2)CCN(C(=O)OC(C)(C)C)CC1)[C@H](C)CC)C(=O)O. The van der Waals surface area contributed by atoms with Crippen LogP contribution in [0.15, 0.2) is 30.3 Å². The van der Waals surface area contributed by atoms with E-state index in [-0.39, 0.29) is 17.7 Å². The van der Waals surface area contributed by atoms with Gasteiger partial charge in [0.25, 0.3) is 0 Å². The van der Waals surface area contributed by atoms with Gasteiger partial charge in [0.1, 0.15) is 17.7 Å². The zero-order valence-electron chi connectivity index (χ0n) is 23.9. The summed E-state index contributed by atoms with van der Waals surface area (Å²) in [5.74, 6) is -2.40. The van der Waals surface area contributed by atoms with Gasteiger partial charge in [0.15, 0.2) is 0 Å². The fourth-order valence-electron chi connectivity index (χ4n) is 4.71. The van der Waals surface area contributed by atoms with Crippen molar-refractivity contribution in [1.29, 1.82) is 0 Å². The maximum absolute atomic E-state index is 14.0. The third-order valence-electron chi connectivity index (χ3n) is 7.59. The summed E-state index contributed by atoms with van der Waals surface area (Å²) in [6.45, 7) is 13.5. The van der Waals surface area contributed by atoms with Crippen molar-refractivity contribution in [3.8, 4) is 0 Å². The van der Waals surface area contributed by atoms with E-state index in [2.05, 4.69) is 10.6 Å². The van der Waals surface area contributed by atoms with Crippen LogP contribution in [0, 0.1) is 11.8 Å². The smallest absolute Gasteiger partial charge is 0.410 e. The van der Waals surface area contributed by atoms with E-state index >= 15 is 0 Å². The number of amides is 3. The number of benzene rings is 1. The van der Waals surface area contributed by atoms with Crippen LogP contribution in [0.3, 0.4) is 0 Å². The molecule has 2 rings (SSSR count). The predicted molar refractivity (Wildman–Crippen MR) is 146 cm³/mol. The molecule has 0 bridgehead atoms. The van der Waals surface area contributed by atoms with Crippen LogP contribution < -0.4 is 10.6 Å². The number of hydrogen-bond acceptors (Lipinski definition) is 5. The molecule has 1 aromatic rings. The Labute approximate surface area is 226 Å². The molecule has 3 N–H and O–H groups in total. The summed E-state index contributed by atoms with van der Waals surface area (Å²) in [4.78, 5) is 53.5. The van der Waals surface area contributed by atoms with Crippen molar-refractivity contribution in [2.75, 3.05) is 13.1 Å². The van der Waals surface area contributed by atoms with Gasteiger partial charge in [-0.2, -0.15) is 0 Å². The highest BCUT2D eigenvalue weighted by Crippen LogP contribution is 2.37. The number of hydrogen-bond donors (Lipinski definition) is 3. The van der Waals surface area contributed by atoms with Crippen LogP contribution in [0.1, 0.15) is 79.7 Å². The maximum Gasteiger partial charge on any atom is 0.410 e. The molecular weight excluding hydrogens is 486 g/mol. The molecular formula is C29H45N3O6. The highest BCUT2D eigenvalue weighted by atomic mass is 16.6. The van der Waals surface area contributed by atoms with E-state index in [9.17, 15) is 24.3 Å². The molecule has 4 atom stereocenters. The number of ether oxygens (including phenoxy) is 1. The van der Waals surface area contributed by atoms with Gasteiger partial charge in [-0.15, -0.1) is 0 Å². The first kappa shape index (κ1) is 31.1. The summed E-state index contributed by atoms with van der Waals surface area (Å²) in [6, 6.07) is 7.45. The quantitative estimate of drug-likeness (QED) is 0.417. The molecule has 3 amide bonds. The Kier molecular flexibility index (Phi) is 10.7. The molecule has 1 aliphatic rings. The fraction of sp³-hybridized carbons (Fsp3) is 0.655. The summed E-state index contributed by atoms with van der Waals surface area (Å²) >= 11 is 0. The Hall–Kier alpha value is -3.10. The first-order valence-electron chi connectivity index (χ1n) is 13.6. The highest BCUT2D eigenvalue weighted by Gasteiger charge is 2.46. The van der Waals surface area contributed by atoms with Crippen LogP contribution in [0.4, 0.5) is 4.79 Å². The zero-order valence-corrected chi connectivity index (χ0v) is 23.9. The number of rotatable bonds is 10. The summed E-state index contributed by atoms with van der Waals surface area (Å²) < 4.78 is 5.52. The minimum atomic E-state index is -1.10. The Morgan fingerprint density at radius 2 is 1.47 bits per heavy atom. The van der Waals surface area contributed by atoms with Crippen molar-refractivity contribution in [1.82, 2.24) is 15.5 Å². The second-order valence-corrected chi connectivity index (χ2v) is 11.5. The number of piperidine rings is 1. The standard InChI is InChI=1S/C29H45N3O6/c1-8-19(3)22(24(33)30-23(25(34)35)20(4)9-2)31-26(36)29(21-13-11-10-12-14-21)15-17-32(18-16-29)27(37)38-28(5,6)7/h10-14,19-20,22-23H,8-9,15-18H2,1-7H3,(H,30,33)(H,31,36)(H,34,35)/t19-,20-,22+,23+/m1/s1. The van der Waals surface area contributed by atoms with Gasteiger partial charge < -0.3 is 25.4 Å². The first-order valence-corrected chi connectivity index (χ1v) is 13.6. The first-order chi connectivity index (χ1) is 17.8. The summed E-state index contributed by atoms with van der Waals surface area (Å²) in [7, 11) is 0. The van der Waals surface area contributed by atoms with Crippen molar-refractivity contribution in [2.24, 2.45) is 11.8 Å². The van der Waals surface area contributed by atoms with Gasteiger partial charge in [0, 0.05) is 13.1 Å². The molecule has 1 fully saturated rings. The van der Waals surface area contributed by atoms with Gasteiger partial charge in [0.05, 0.1) is 5.41 Å². The van der Waals surface area contributed by atoms with E-state index in [4.69, 9.17) is 4.74 Å². The largest absolute Gasteiger partial charge is 0.480 e. The second-order valence-electron chi connectivity index (χ2n) is 11.5. The van der Waals surface area contributed by atoms with Crippen LogP contribution >= 0.6 is 0 Å². The average molecular weight is 532 g/mol. The lowest BCUT2D eigenvalue weighted by molar-refractivity contribution is -0.144. The predicted octanol–water partition coefficient (Wildman–Crippen LogP) is 4.10. The van der Waals surface area contributed by atoms with Crippen molar-refractivity contribution >= 4 is 23.9 Å². The van der Waals surface area contributed by atoms with E-state index in [0.29, 0.717) is 38.8 Å². The number of aliphatic carboxylic acids is 1. The van der Waals surface area contributed by atoms with Crippen molar-refractivity contribution in [2.45, 2.75) is 97.2 Å². The average Bonchev–Trinajstić information content (AvgIpc) is 2.88. The molecule has 1 aliphatic heterocycles. The molecule has 0 radical (unpaired) electrons. The minimum absolute atomic E-state index is 0.222. The number of nitrogens with one attached hydrogen (secondary N) is 2. The van der Waals surface area contributed by atoms with Gasteiger partial charge in [-0.25, -0.2) is 9.59 Å². The lowest BCUT2D eigenvalue weighted by atomic mass is 9.71. The van der Waals surface area contributed by atoms with Gasteiger partial charge in [0.2, 0.25) is 11.8 Å². The van der Waals surface area contributed by atoms with Gasteiger partial charge in [-0.1, -0.05) is 70.9 Å². The third kappa shape index (κ3) is 7.71. The monoisotopic (exact) mass is 531 g/mol. The molecule has 0 unspecified atom stereocenters. The molecule has 0 saturated carbocycles. The number of carbonyl (C=O) groups excluding carboxylic acids is 3. The Morgan fingerprint density at radius 3 is 1.95 bits per heavy atom. The van der Waals surface area contributed by atoms with Gasteiger partial charge >= 0.3 is 12.1 Å². The Bertz CT molecular complexity index is 966. The molecule has 1 saturated heterocycles. The molecule has 212 valence electrons. The number of carboxylic acid groups (broad SMARTS) is 1. The molecule has 0 spiro atoms. The summed E-state index contributed by atoms with van der Waals surface area (Å²) in [5.41, 5.74) is -0.760. The number of likely N-dealkylation sites (tertiary alicyclic amines) is 1. The summed E-state index contributed by atoms with van der Waals surface area (Å²) in [6.07, 6.45) is 1.51. The van der Waals surface area contributed by atoms with Crippen molar-refractivity contribution in [3.63, 3.8) is 0 Å². The Balaban J connectivity index is 2.32. The van der Waals surface area contributed by atoms with E-state index in [1.165, 1.54) is 0 Å². The van der Waals surface area contributed by atoms with E-state index in [1.54, 1.807) is 11.8 Å². The minimum Gasteiger partial charge on any atom is -0.480 e. The number of carboxylic acids is 1. The summed E-state index contributed by atoms with van der Waals surface area (Å²) in [5, 5.41) is 15.3. The van der Waals surface area contributed by atoms with Crippen LogP contribution in [-0.2, 0) is 24.5 Å². The van der Waals surface area contributed by atoms with Gasteiger partial charge in [-0.05, 0) is 51.0 Å². The van der Waals surface area contributed by atoms with Gasteiger partial charge in [-0.3, -0.25) is 9.59 Å². The van der Waals surface area contributed by atoms with Crippen LogP contribution in [0.2, 0.25) is 0 Å². The fourth-order valence-corrected chi connectivity index (χ4v) is 4.71. The second kappa shape index (κ2) is 13.1. The molecule has 0 aliphatic carbocycles. The van der Waals surface area contributed by atoms with Crippen molar-refractivity contribution < 1.29 is 29.0 Å². The Morgan fingerprint density at radius 1 is 0.947 bits per heavy atom. The highest BCUT2D eigenvalue weighted by molar-refractivity contribution is 5.94. The molecule has 9 heteroatoms. The topological polar surface area (TPSA) is 125 Å². The van der Waals surface area contributed by atoms with Crippen LogP contribution in [0.5, 0.6) is 0 Å². The number of nitrogens with zero attached hydrogens (tertiary/aromatic N) is 1. The van der Waals surface area contributed by atoms with Crippen LogP contribution in [0.25, 0.3) is 0 Å². The third-order valence-corrected chi connectivity index (χ3v) is 7.59. The normalized spacial score (nSPS) is 18.4. The number of carbonyl (C=O) groups is 4. The molecule has 38 heavy (non-hydrogen) atoms. The zero-order chi connectivity index (χ0) is 28.7. The lowest BCUT2D eigenvalue weighted by Crippen LogP contribution is -2.60. The molecule has 9 nitrogen and oxygen atoms in total. The van der Waals surface area contributed by atoms with E-state index in [1.807, 2.05) is 71.9 Å². The molecule has 0 aromatic heterocycles. The van der Waals surface area contributed by atoms with Crippen LogP contribution in [-0.4, -0.2) is 64.7 Å². The lowest BCUT2D eigenvalue weighted by Gasteiger charge is -2.42. The molecule has 1 aromatic carbocycles. The van der Waals surface area contributed by atoms with E-state index in [0.717, 1.165) is 5.56 Å². The van der Waals surface area contributed by atoms with Crippen molar-refractivity contribution in [3.05, 3.63) is 35.9 Å². The van der Waals surface area contributed by atoms with E-state index < -0.39 is 41.1 Å².